The number of allylic oxidation sites excluding steroid dienone is 1. The Bertz CT molecular complexity index is 1970. The van der Waals surface area contributed by atoms with E-state index in [1.165, 1.54) is 11.1 Å². The van der Waals surface area contributed by atoms with Gasteiger partial charge in [0.05, 0.1) is 40.0 Å². The molecule has 0 saturated heterocycles. The van der Waals surface area contributed by atoms with E-state index in [2.05, 4.69) is 65.2 Å². The summed E-state index contributed by atoms with van der Waals surface area (Å²) in [5.41, 5.74) is 8.88. The van der Waals surface area contributed by atoms with Crippen LogP contribution in [0.15, 0.2) is 89.3 Å². The fraction of sp³-hybridized carbons (Fsp3) is 0.0625. The third-order valence-corrected chi connectivity index (χ3v) is 7.16. The molecule has 0 N–H and O–H groups in total. The zero-order valence-electron chi connectivity index (χ0n) is 19.3. The highest BCUT2D eigenvalue weighted by Gasteiger charge is 2.22. The van der Waals surface area contributed by atoms with E-state index in [0.717, 1.165) is 62.6 Å². The predicted octanol–water partition coefficient (Wildman–Crippen LogP) is 7.76. The normalized spacial score (nSPS) is 12.9. The molecule has 36 heavy (non-hydrogen) atoms. The fourth-order valence-corrected chi connectivity index (χ4v) is 5.53. The third kappa shape index (κ3) is 2.92. The lowest BCUT2D eigenvalue weighted by Gasteiger charge is -2.18. The lowest BCUT2D eigenvalue weighted by Crippen LogP contribution is -2.02. The highest BCUT2D eigenvalue weighted by Crippen LogP contribution is 2.40. The molecule has 0 spiro atoms. The number of para-hydroxylation sites is 2. The van der Waals surface area contributed by atoms with E-state index < -0.39 is 0 Å². The van der Waals surface area contributed by atoms with Crippen LogP contribution in [0, 0.1) is 22.7 Å². The first-order chi connectivity index (χ1) is 17.7. The minimum Gasteiger partial charge on any atom is -0.460 e. The van der Waals surface area contributed by atoms with Gasteiger partial charge in [0.2, 0.25) is 0 Å². The third-order valence-electron chi connectivity index (χ3n) is 7.16. The molecular formula is C32H19N3O. The highest BCUT2D eigenvalue weighted by molar-refractivity contribution is 6.10. The lowest BCUT2D eigenvalue weighted by atomic mass is 9.90. The van der Waals surface area contributed by atoms with Gasteiger partial charge in [-0.3, -0.25) is 0 Å². The molecule has 0 amide bonds. The Labute approximate surface area is 207 Å². The van der Waals surface area contributed by atoms with Gasteiger partial charge in [-0.15, -0.1) is 0 Å². The molecule has 4 nitrogen and oxygen atoms in total. The van der Waals surface area contributed by atoms with Crippen LogP contribution in [-0.4, -0.2) is 4.57 Å². The van der Waals surface area contributed by atoms with E-state index in [-0.39, 0.29) is 0 Å². The van der Waals surface area contributed by atoms with Gasteiger partial charge in [-0.1, -0.05) is 36.4 Å². The molecule has 2 heterocycles. The van der Waals surface area contributed by atoms with Crippen LogP contribution in [0.5, 0.6) is 0 Å². The van der Waals surface area contributed by atoms with Crippen LogP contribution in [0.2, 0.25) is 0 Å². The van der Waals surface area contributed by atoms with Crippen molar-refractivity contribution >= 4 is 44.4 Å². The minimum absolute atomic E-state index is 0.633. The van der Waals surface area contributed by atoms with Crippen LogP contribution >= 0.6 is 0 Å². The summed E-state index contributed by atoms with van der Waals surface area (Å²) in [6, 6.07) is 32.9. The number of nitriles is 2. The van der Waals surface area contributed by atoms with Gasteiger partial charge in [-0.05, 0) is 66.6 Å². The van der Waals surface area contributed by atoms with Crippen molar-refractivity contribution in [2.45, 2.75) is 12.8 Å². The number of aromatic nitrogens is 1. The second kappa shape index (κ2) is 7.73. The first-order valence-corrected chi connectivity index (χ1v) is 11.9. The second-order valence-corrected chi connectivity index (χ2v) is 9.14. The molecule has 6 aromatic rings. The van der Waals surface area contributed by atoms with Gasteiger partial charge in [0.15, 0.2) is 0 Å². The Kier molecular flexibility index (Phi) is 4.37. The van der Waals surface area contributed by atoms with E-state index in [9.17, 15) is 10.5 Å². The van der Waals surface area contributed by atoms with Gasteiger partial charge < -0.3 is 8.98 Å². The van der Waals surface area contributed by atoms with Crippen LogP contribution < -0.4 is 0 Å². The molecular weight excluding hydrogens is 442 g/mol. The predicted molar refractivity (Wildman–Crippen MR) is 143 cm³/mol. The van der Waals surface area contributed by atoms with Crippen LogP contribution in [0.4, 0.5) is 0 Å². The quantitative estimate of drug-likeness (QED) is 0.265. The van der Waals surface area contributed by atoms with Crippen molar-refractivity contribution in [1.82, 2.24) is 4.57 Å². The molecule has 168 valence electrons. The van der Waals surface area contributed by atoms with Gasteiger partial charge in [0.25, 0.3) is 0 Å². The van der Waals surface area contributed by atoms with Crippen LogP contribution in [0.1, 0.15) is 34.4 Å². The van der Waals surface area contributed by atoms with E-state index >= 15 is 0 Å². The molecule has 0 atom stereocenters. The average molecular weight is 462 g/mol. The Morgan fingerprint density at radius 3 is 2.28 bits per heavy atom. The van der Waals surface area contributed by atoms with Crippen molar-refractivity contribution in [3.05, 3.63) is 113 Å². The van der Waals surface area contributed by atoms with E-state index in [1.54, 1.807) is 6.07 Å². The Morgan fingerprint density at radius 1 is 0.694 bits per heavy atom. The summed E-state index contributed by atoms with van der Waals surface area (Å²) in [4.78, 5) is 0. The lowest BCUT2D eigenvalue weighted by molar-refractivity contribution is 0.548. The number of aryl methyl sites for hydroxylation is 1. The summed E-state index contributed by atoms with van der Waals surface area (Å²) in [6.07, 6.45) is 3.90. The number of nitrogens with zero attached hydrogens (tertiary/aromatic N) is 3. The molecule has 1 aliphatic carbocycles. The average Bonchev–Trinajstić information content (AvgIpc) is 3.47. The number of rotatable bonds is 2. The maximum absolute atomic E-state index is 9.49. The van der Waals surface area contributed by atoms with Crippen molar-refractivity contribution in [3.63, 3.8) is 0 Å². The summed E-state index contributed by atoms with van der Waals surface area (Å²) in [6.45, 7) is 0. The maximum Gasteiger partial charge on any atom is 0.134 e. The molecule has 1 aliphatic rings. The molecule has 0 radical (unpaired) electrons. The molecule has 0 bridgehead atoms. The van der Waals surface area contributed by atoms with Gasteiger partial charge in [-0.25, -0.2) is 0 Å². The first kappa shape index (κ1) is 20.3. The van der Waals surface area contributed by atoms with Crippen molar-refractivity contribution < 1.29 is 4.42 Å². The Morgan fingerprint density at radius 2 is 1.42 bits per heavy atom. The summed E-state index contributed by atoms with van der Waals surface area (Å²) < 4.78 is 8.43. The SMILES string of the molecule is N#Cc1ccc2oc3c(c2c1)C=C(c1ccccc1-n1c2ccccc2c2cc(C#N)ccc21)CC3. The fourth-order valence-electron chi connectivity index (χ4n) is 5.53. The van der Waals surface area contributed by atoms with Crippen molar-refractivity contribution in [3.8, 4) is 17.8 Å². The van der Waals surface area contributed by atoms with Crippen LogP contribution in [0.3, 0.4) is 0 Å². The van der Waals surface area contributed by atoms with Gasteiger partial charge in [-0.2, -0.15) is 10.5 Å². The summed E-state index contributed by atoms with van der Waals surface area (Å²) >= 11 is 0. The standard InChI is InChI=1S/C32H19N3O/c33-18-20-9-12-30-25(15-20)24-6-2-4-8-29(24)35(30)28-7-3-1-5-23(28)22-11-14-32-27(17-22)26-16-21(19-34)10-13-31(26)36-32/h1-10,12-13,15-17H,11,14H2. The summed E-state index contributed by atoms with van der Waals surface area (Å²) in [5, 5.41) is 22.1. The largest absolute Gasteiger partial charge is 0.460 e. The Balaban J connectivity index is 1.48. The molecule has 4 heteroatoms. The second-order valence-electron chi connectivity index (χ2n) is 9.14. The van der Waals surface area contributed by atoms with Gasteiger partial charge >= 0.3 is 0 Å². The number of fused-ring (bicyclic) bond motifs is 6. The summed E-state index contributed by atoms with van der Waals surface area (Å²) in [7, 11) is 0. The number of benzene rings is 4. The molecule has 4 aromatic carbocycles. The summed E-state index contributed by atoms with van der Waals surface area (Å²) in [5.74, 6) is 0.974. The zero-order valence-corrected chi connectivity index (χ0v) is 19.3. The van der Waals surface area contributed by atoms with Crippen LogP contribution in [-0.2, 0) is 6.42 Å². The Hall–Kier alpha value is -5.06. The number of hydrogen-bond donors (Lipinski definition) is 0. The molecule has 0 fully saturated rings. The molecule has 0 saturated carbocycles. The van der Waals surface area contributed by atoms with Gasteiger partial charge in [0.1, 0.15) is 11.3 Å². The monoisotopic (exact) mass is 461 g/mol. The van der Waals surface area contributed by atoms with E-state index in [0.29, 0.717) is 11.1 Å². The number of furan rings is 1. The highest BCUT2D eigenvalue weighted by atomic mass is 16.3. The van der Waals surface area contributed by atoms with E-state index in [4.69, 9.17) is 4.42 Å². The topological polar surface area (TPSA) is 65.7 Å². The van der Waals surface area contributed by atoms with Crippen molar-refractivity contribution in [2.24, 2.45) is 0 Å². The van der Waals surface area contributed by atoms with Crippen molar-refractivity contribution in [2.75, 3.05) is 0 Å². The zero-order chi connectivity index (χ0) is 24.2. The van der Waals surface area contributed by atoms with E-state index in [1.807, 2.05) is 36.4 Å². The minimum atomic E-state index is 0.633. The maximum atomic E-state index is 9.49. The van der Waals surface area contributed by atoms with Crippen LogP contribution in [0.25, 0.3) is 50.1 Å². The molecule has 7 rings (SSSR count). The molecule has 2 aromatic heterocycles. The smallest absolute Gasteiger partial charge is 0.134 e. The first-order valence-electron chi connectivity index (χ1n) is 11.9. The molecule has 0 aliphatic heterocycles. The molecule has 0 unspecified atom stereocenters. The number of hydrogen-bond acceptors (Lipinski definition) is 3. The van der Waals surface area contributed by atoms with Gasteiger partial charge in [0, 0.05) is 33.7 Å². The van der Waals surface area contributed by atoms with Crippen molar-refractivity contribution in [1.29, 1.82) is 10.5 Å².